The highest BCUT2D eigenvalue weighted by Crippen LogP contribution is 2.23. The van der Waals surface area contributed by atoms with E-state index in [1.54, 1.807) is 35.8 Å². The first-order valence-corrected chi connectivity index (χ1v) is 10.1. The van der Waals surface area contributed by atoms with Crippen LogP contribution in [0.25, 0.3) is 11.4 Å². The molecule has 0 unspecified atom stereocenters. The van der Waals surface area contributed by atoms with Gasteiger partial charge in [-0.3, -0.25) is 14.9 Å². The highest BCUT2D eigenvalue weighted by molar-refractivity contribution is 7.99. The second-order valence-electron chi connectivity index (χ2n) is 6.20. The maximum atomic E-state index is 12.1. The van der Waals surface area contributed by atoms with Crippen molar-refractivity contribution in [1.29, 1.82) is 0 Å². The number of aromatic nitrogens is 3. The van der Waals surface area contributed by atoms with Gasteiger partial charge in [0.15, 0.2) is 11.0 Å². The molecule has 0 bridgehead atoms. The number of hydrogen-bond acceptors (Lipinski definition) is 7. The van der Waals surface area contributed by atoms with Crippen molar-refractivity contribution in [3.05, 3.63) is 69.2 Å². The van der Waals surface area contributed by atoms with Gasteiger partial charge in [0.25, 0.3) is 11.6 Å². The molecule has 1 aromatic heterocycles. The number of amides is 1. The van der Waals surface area contributed by atoms with Crippen LogP contribution in [0, 0.1) is 10.1 Å². The van der Waals surface area contributed by atoms with E-state index in [4.69, 9.17) is 11.6 Å². The number of rotatable bonds is 7. The lowest BCUT2D eigenvalue weighted by Crippen LogP contribution is -2.21. The number of thioether (sulfide) groups is 1. The van der Waals surface area contributed by atoms with Crippen molar-refractivity contribution in [3.8, 4) is 11.4 Å². The average Bonchev–Trinajstić information content (AvgIpc) is 3.11. The molecule has 0 spiro atoms. The summed E-state index contributed by atoms with van der Waals surface area (Å²) in [6.07, 6.45) is 0. The van der Waals surface area contributed by atoms with E-state index >= 15 is 0 Å². The minimum Gasteiger partial charge on any atom is -0.305 e. The molecule has 3 rings (SSSR count). The molecule has 0 atom stereocenters. The number of carbonyl (C=O) groups is 1. The van der Waals surface area contributed by atoms with Gasteiger partial charge < -0.3 is 4.57 Å². The minimum absolute atomic E-state index is 0.00590. The van der Waals surface area contributed by atoms with E-state index in [9.17, 15) is 14.9 Å². The lowest BCUT2D eigenvalue weighted by atomic mass is 10.1. The Hall–Kier alpha value is -3.24. The van der Waals surface area contributed by atoms with Crippen LogP contribution in [0.15, 0.2) is 58.8 Å². The fourth-order valence-electron chi connectivity index (χ4n) is 2.49. The molecule has 30 heavy (non-hydrogen) atoms. The quantitative estimate of drug-likeness (QED) is 0.257. The van der Waals surface area contributed by atoms with E-state index in [2.05, 4.69) is 20.7 Å². The lowest BCUT2D eigenvalue weighted by molar-refractivity contribution is -0.384. The normalized spacial score (nSPS) is 11.4. The Morgan fingerprint density at radius 1 is 1.20 bits per heavy atom. The summed E-state index contributed by atoms with van der Waals surface area (Å²) >= 11 is 7.14. The number of carbonyl (C=O) groups excluding carboxylic acids is 1. The van der Waals surface area contributed by atoms with Crippen molar-refractivity contribution in [2.45, 2.75) is 12.1 Å². The van der Waals surface area contributed by atoms with Gasteiger partial charge >= 0.3 is 0 Å². The third-order valence-electron chi connectivity index (χ3n) is 4.11. The molecule has 1 N–H and O–H groups in total. The number of hydrazone groups is 1. The van der Waals surface area contributed by atoms with E-state index in [0.29, 0.717) is 27.3 Å². The first-order chi connectivity index (χ1) is 14.3. The molecule has 0 saturated heterocycles. The second-order valence-corrected chi connectivity index (χ2v) is 7.58. The molecule has 1 amide bonds. The topological polar surface area (TPSA) is 115 Å². The molecule has 0 radical (unpaired) electrons. The number of hydrogen-bond donors (Lipinski definition) is 1. The Morgan fingerprint density at radius 3 is 2.50 bits per heavy atom. The summed E-state index contributed by atoms with van der Waals surface area (Å²) in [6.45, 7) is 1.70. The summed E-state index contributed by atoms with van der Waals surface area (Å²) in [6, 6.07) is 13.2. The fourth-order valence-corrected chi connectivity index (χ4v) is 3.32. The van der Waals surface area contributed by atoms with Gasteiger partial charge in [0.1, 0.15) is 0 Å². The molecule has 11 heteroatoms. The third-order valence-corrected chi connectivity index (χ3v) is 5.39. The summed E-state index contributed by atoms with van der Waals surface area (Å²) < 4.78 is 1.80. The zero-order valence-corrected chi connectivity index (χ0v) is 17.6. The summed E-state index contributed by atoms with van der Waals surface area (Å²) in [5, 5.41) is 24.3. The van der Waals surface area contributed by atoms with Crippen molar-refractivity contribution in [1.82, 2.24) is 20.2 Å². The molecule has 2 aromatic carbocycles. The van der Waals surface area contributed by atoms with Crippen LogP contribution in [0.5, 0.6) is 0 Å². The Bertz CT molecular complexity index is 1100. The highest BCUT2D eigenvalue weighted by Gasteiger charge is 2.13. The van der Waals surface area contributed by atoms with Crippen molar-refractivity contribution in [3.63, 3.8) is 0 Å². The summed E-state index contributed by atoms with van der Waals surface area (Å²) in [5.41, 5.74) is 4.55. The van der Waals surface area contributed by atoms with E-state index < -0.39 is 4.92 Å². The Kier molecular flexibility index (Phi) is 6.80. The number of halogens is 1. The van der Waals surface area contributed by atoms with Gasteiger partial charge in [-0.1, -0.05) is 23.4 Å². The van der Waals surface area contributed by atoms with Crippen LogP contribution in [-0.4, -0.2) is 37.1 Å². The van der Waals surface area contributed by atoms with Crippen LogP contribution in [0.3, 0.4) is 0 Å². The molecular formula is C19H17ClN6O3S. The maximum Gasteiger partial charge on any atom is 0.269 e. The van der Waals surface area contributed by atoms with Crippen LogP contribution in [-0.2, 0) is 11.8 Å². The van der Waals surface area contributed by atoms with Crippen molar-refractivity contribution in [2.75, 3.05) is 5.75 Å². The van der Waals surface area contributed by atoms with Crippen molar-refractivity contribution >= 4 is 40.7 Å². The third kappa shape index (κ3) is 5.22. The van der Waals surface area contributed by atoms with Gasteiger partial charge in [-0.15, -0.1) is 10.2 Å². The molecule has 0 aliphatic rings. The van der Waals surface area contributed by atoms with Crippen LogP contribution >= 0.6 is 23.4 Å². The van der Waals surface area contributed by atoms with Gasteiger partial charge in [0, 0.05) is 29.8 Å². The SMILES string of the molecule is C/C(=N/NC(=O)CSc1nnc(-c2ccc(Cl)cc2)n1C)c1ccc([N+](=O)[O-])cc1. The van der Waals surface area contributed by atoms with Gasteiger partial charge in [-0.05, 0) is 48.9 Å². The van der Waals surface area contributed by atoms with E-state index in [-0.39, 0.29) is 17.3 Å². The minimum atomic E-state index is -0.472. The summed E-state index contributed by atoms with van der Waals surface area (Å²) in [7, 11) is 1.82. The van der Waals surface area contributed by atoms with Crippen LogP contribution in [0.1, 0.15) is 12.5 Å². The van der Waals surface area contributed by atoms with E-state index in [0.717, 1.165) is 5.56 Å². The predicted molar refractivity (Wildman–Crippen MR) is 116 cm³/mol. The molecule has 0 aliphatic carbocycles. The van der Waals surface area contributed by atoms with Crippen LogP contribution < -0.4 is 5.43 Å². The monoisotopic (exact) mass is 444 g/mol. The van der Waals surface area contributed by atoms with E-state index in [1.807, 2.05) is 19.2 Å². The largest absolute Gasteiger partial charge is 0.305 e. The van der Waals surface area contributed by atoms with Crippen molar-refractivity contribution in [2.24, 2.45) is 12.1 Å². The van der Waals surface area contributed by atoms with Gasteiger partial charge in [-0.25, -0.2) is 5.43 Å². The molecule has 9 nitrogen and oxygen atoms in total. The molecular weight excluding hydrogens is 428 g/mol. The Morgan fingerprint density at radius 2 is 1.87 bits per heavy atom. The van der Waals surface area contributed by atoms with Gasteiger partial charge in [0.2, 0.25) is 0 Å². The molecule has 1 heterocycles. The molecule has 0 fully saturated rings. The molecule has 0 saturated carbocycles. The zero-order valence-electron chi connectivity index (χ0n) is 16.1. The number of nitrogens with one attached hydrogen (secondary N) is 1. The predicted octanol–water partition coefficient (Wildman–Crippen LogP) is 3.68. The van der Waals surface area contributed by atoms with Crippen molar-refractivity contribution < 1.29 is 9.72 Å². The summed E-state index contributed by atoms with van der Waals surface area (Å²) in [4.78, 5) is 22.4. The number of nitrogens with zero attached hydrogens (tertiary/aromatic N) is 5. The molecule has 154 valence electrons. The van der Waals surface area contributed by atoms with Gasteiger partial charge in [-0.2, -0.15) is 5.10 Å². The first kappa shape index (κ1) is 21.5. The van der Waals surface area contributed by atoms with Crippen LogP contribution in [0.4, 0.5) is 5.69 Å². The zero-order chi connectivity index (χ0) is 21.7. The standard InChI is InChI=1S/C19H17ClN6O3S/c1-12(13-5-9-16(10-6-13)26(28)29)21-22-17(27)11-30-19-24-23-18(25(19)2)14-3-7-15(20)8-4-14/h3-10H,11H2,1-2H3,(H,22,27)/b21-12-. The smallest absolute Gasteiger partial charge is 0.269 e. The summed E-state index contributed by atoms with van der Waals surface area (Å²) in [5.74, 6) is 0.461. The average molecular weight is 445 g/mol. The molecule has 0 aliphatic heterocycles. The Labute approximate surface area is 181 Å². The lowest BCUT2D eigenvalue weighted by Gasteiger charge is -2.05. The number of non-ortho nitro benzene ring substituents is 1. The van der Waals surface area contributed by atoms with Crippen LogP contribution in [0.2, 0.25) is 5.02 Å². The molecule has 3 aromatic rings. The fraction of sp³-hybridized carbons (Fsp3) is 0.158. The number of nitro benzene ring substituents is 1. The number of nitro groups is 1. The number of benzene rings is 2. The first-order valence-electron chi connectivity index (χ1n) is 8.71. The van der Waals surface area contributed by atoms with E-state index in [1.165, 1.54) is 23.9 Å². The maximum absolute atomic E-state index is 12.1. The highest BCUT2D eigenvalue weighted by atomic mass is 35.5. The van der Waals surface area contributed by atoms with Gasteiger partial charge in [0.05, 0.1) is 16.4 Å². The Balaban J connectivity index is 1.57. The second kappa shape index (κ2) is 9.51.